The zero-order chi connectivity index (χ0) is 15.9. The van der Waals surface area contributed by atoms with Gasteiger partial charge in [-0.15, -0.1) is 11.3 Å². The number of carbonyl (C=O) groups excluding carboxylic acids is 1. The zero-order valence-corrected chi connectivity index (χ0v) is 13.9. The summed E-state index contributed by atoms with van der Waals surface area (Å²) in [5, 5.41) is 5.82. The van der Waals surface area contributed by atoms with Gasteiger partial charge in [0.25, 0.3) is 0 Å². The van der Waals surface area contributed by atoms with Gasteiger partial charge < -0.3 is 10.1 Å². The third-order valence-electron chi connectivity index (χ3n) is 3.05. The highest BCUT2D eigenvalue weighted by molar-refractivity contribution is 7.09. The molecule has 5 nitrogen and oxygen atoms in total. The fraction of sp³-hybridized carbons (Fsp3) is 0.438. The Hall–Kier alpha value is -1.95. The van der Waals surface area contributed by atoms with Gasteiger partial charge in [0, 0.05) is 30.0 Å². The van der Waals surface area contributed by atoms with E-state index in [1.165, 1.54) is 0 Å². The molecule has 1 amide bonds. The molecule has 2 heterocycles. The Morgan fingerprint density at radius 3 is 2.91 bits per heavy atom. The number of hydrogen-bond acceptors (Lipinski definition) is 5. The van der Waals surface area contributed by atoms with Crippen molar-refractivity contribution in [2.75, 3.05) is 6.54 Å². The van der Waals surface area contributed by atoms with Crippen LogP contribution >= 0.6 is 11.3 Å². The van der Waals surface area contributed by atoms with E-state index in [4.69, 9.17) is 4.74 Å². The van der Waals surface area contributed by atoms with Gasteiger partial charge in [-0.2, -0.15) is 0 Å². The number of nitrogens with zero attached hydrogens (tertiary/aromatic N) is 2. The van der Waals surface area contributed by atoms with Gasteiger partial charge in [-0.3, -0.25) is 9.78 Å². The quantitative estimate of drug-likeness (QED) is 0.852. The Bertz CT molecular complexity index is 608. The number of aromatic nitrogens is 2. The van der Waals surface area contributed by atoms with Crippen molar-refractivity contribution >= 4 is 17.2 Å². The van der Waals surface area contributed by atoms with E-state index in [9.17, 15) is 4.79 Å². The summed E-state index contributed by atoms with van der Waals surface area (Å²) in [4.78, 5) is 20.2. The van der Waals surface area contributed by atoms with Crippen LogP contribution in [0.25, 0.3) is 0 Å². The molecule has 0 unspecified atom stereocenters. The van der Waals surface area contributed by atoms with Crippen LogP contribution in [0.3, 0.4) is 0 Å². The van der Waals surface area contributed by atoms with Crippen molar-refractivity contribution in [3.63, 3.8) is 0 Å². The monoisotopic (exact) mass is 319 g/mol. The predicted octanol–water partition coefficient (Wildman–Crippen LogP) is 2.74. The molecule has 0 aliphatic rings. The number of nitrogens with one attached hydrogen (secondary N) is 1. The summed E-state index contributed by atoms with van der Waals surface area (Å²) in [5.74, 6) is 0.833. The van der Waals surface area contributed by atoms with Crippen molar-refractivity contribution in [3.8, 4) is 5.75 Å². The molecule has 0 saturated carbocycles. The van der Waals surface area contributed by atoms with Gasteiger partial charge in [0.15, 0.2) is 0 Å². The Labute approximate surface area is 134 Å². The summed E-state index contributed by atoms with van der Waals surface area (Å²) in [6.07, 6.45) is 2.45. The highest BCUT2D eigenvalue weighted by Crippen LogP contribution is 2.15. The first-order valence-corrected chi connectivity index (χ1v) is 8.19. The van der Waals surface area contributed by atoms with Crippen molar-refractivity contribution in [1.82, 2.24) is 15.3 Å². The van der Waals surface area contributed by atoms with Crippen molar-refractivity contribution in [3.05, 3.63) is 40.1 Å². The van der Waals surface area contributed by atoms with Crippen LogP contribution in [-0.2, 0) is 17.8 Å². The summed E-state index contributed by atoms with van der Waals surface area (Å²) < 4.78 is 5.65. The molecule has 118 valence electrons. The average Bonchev–Trinajstić information content (AvgIpc) is 2.94. The van der Waals surface area contributed by atoms with E-state index in [2.05, 4.69) is 15.3 Å². The Morgan fingerprint density at radius 1 is 1.41 bits per heavy atom. The van der Waals surface area contributed by atoms with Gasteiger partial charge in [0.05, 0.1) is 11.9 Å². The second-order valence-corrected chi connectivity index (χ2v) is 6.29. The number of hydrogen-bond donors (Lipinski definition) is 1. The number of pyridine rings is 1. The zero-order valence-electron chi connectivity index (χ0n) is 13.1. The predicted molar refractivity (Wildman–Crippen MR) is 87.0 cm³/mol. The van der Waals surface area contributed by atoms with Crippen LogP contribution in [0.5, 0.6) is 5.75 Å². The summed E-state index contributed by atoms with van der Waals surface area (Å²) in [7, 11) is 0. The first-order chi connectivity index (χ1) is 10.5. The highest BCUT2D eigenvalue weighted by atomic mass is 32.1. The normalized spacial score (nSPS) is 10.7. The summed E-state index contributed by atoms with van der Waals surface area (Å²) in [6.45, 7) is 6.76. The second-order valence-electron chi connectivity index (χ2n) is 5.35. The molecule has 2 aromatic rings. The SMILES string of the molecule is Cc1ccc(OCc2nc(CCNC(=O)C(C)C)cs2)cn1. The molecule has 0 aliphatic heterocycles. The lowest BCUT2D eigenvalue weighted by Crippen LogP contribution is -2.29. The number of thiazole rings is 1. The molecule has 0 aliphatic carbocycles. The van der Waals surface area contributed by atoms with E-state index >= 15 is 0 Å². The molecule has 0 aromatic carbocycles. The first-order valence-electron chi connectivity index (χ1n) is 7.31. The molecular formula is C16H21N3O2S. The van der Waals surface area contributed by atoms with E-state index in [0.29, 0.717) is 13.2 Å². The van der Waals surface area contributed by atoms with Crippen LogP contribution in [0.2, 0.25) is 0 Å². The first kappa shape index (κ1) is 16.4. The fourth-order valence-electron chi connectivity index (χ4n) is 1.73. The maximum absolute atomic E-state index is 11.5. The number of amides is 1. The van der Waals surface area contributed by atoms with E-state index < -0.39 is 0 Å². The summed E-state index contributed by atoms with van der Waals surface area (Å²) in [5.41, 5.74) is 1.95. The lowest BCUT2D eigenvalue weighted by molar-refractivity contribution is -0.123. The van der Waals surface area contributed by atoms with E-state index in [1.807, 2.05) is 38.3 Å². The molecule has 0 radical (unpaired) electrons. The highest BCUT2D eigenvalue weighted by Gasteiger charge is 2.07. The summed E-state index contributed by atoms with van der Waals surface area (Å²) >= 11 is 1.57. The molecular weight excluding hydrogens is 298 g/mol. The lowest BCUT2D eigenvalue weighted by atomic mass is 10.2. The Balaban J connectivity index is 1.76. The molecule has 2 aromatic heterocycles. The number of aryl methyl sites for hydroxylation is 1. The van der Waals surface area contributed by atoms with Crippen LogP contribution < -0.4 is 10.1 Å². The molecule has 0 fully saturated rings. The molecule has 1 N–H and O–H groups in total. The topological polar surface area (TPSA) is 64.1 Å². The molecule has 6 heteroatoms. The minimum absolute atomic E-state index is 0.0162. The molecule has 0 spiro atoms. The van der Waals surface area contributed by atoms with E-state index in [1.54, 1.807) is 17.5 Å². The van der Waals surface area contributed by atoms with Crippen LogP contribution in [0.1, 0.15) is 30.2 Å². The van der Waals surface area contributed by atoms with Gasteiger partial charge in [-0.05, 0) is 19.1 Å². The van der Waals surface area contributed by atoms with Crippen LogP contribution in [0.15, 0.2) is 23.7 Å². The molecule has 0 saturated heterocycles. The molecule has 2 rings (SSSR count). The maximum Gasteiger partial charge on any atom is 0.222 e. The third-order valence-corrected chi connectivity index (χ3v) is 3.92. The van der Waals surface area contributed by atoms with Crippen molar-refractivity contribution < 1.29 is 9.53 Å². The van der Waals surface area contributed by atoms with Crippen molar-refractivity contribution in [2.24, 2.45) is 5.92 Å². The van der Waals surface area contributed by atoms with Gasteiger partial charge in [0.1, 0.15) is 17.4 Å². The average molecular weight is 319 g/mol. The molecule has 22 heavy (non-hydrogen) atoms. The fourth-order valence-corrected chi connectivity index (χ4v) is 2.47. The number of rotatable bonds is 7. The van der Waals surface area contributed by atoms with Gasteiger partial charge in [-0.1, -0.05) is 13.8 Å². The number of ether oxygens (including phenoxy) is 1. The lowest BCUT2D eigenvalue weighted by Gasteiger charge is -2.06. The largest absolute Gasteiger partial charge is 0.485 e. The van der Waals surface area contributed by atoms with E-state index in [-0.39, 0.29) is 11.8 Å². The Morgan fingerprint density at radius 2 is 2.23 bits per heavy atom. The smallest absolute Gasteiger partial charge is 0.222 e. The van der Waals surface area contributed by atoms with Gasteiger partial charge in [-0.25, -0.2) is 4.98 Å². The van der Waals surface area contributed by atoms with Gasteiger partial charge >= 0.3 is 0 Å². The third kappa shape index (κ3) is 5.11. The van der Waals surface area contributed by atoms with Crippen molar-refractivity contribution in [1.29, 1.82) is 0 Å². The minimum Gasteiger partial charge on any atom is -0.485 e. The summed E-state index contributed by atoms with van der Waals surface area (Å²) in [6, 6.07) is 3.82. The maximum atomic E-state index is 11.5. The van der Waals surface area contributed by atoms with Crippen LogP contribution in [-0.4, -0.2) is 22.4 Å². The van der Waals surface area contributed by atoms with Crippen LogP contribution in [0.4, 0.5) is 0 Å². The van der Waals surface area contributed by atoms with Crippen molar-refractivity contribution in [2.45, 2.75) is 33.8 Å². The van der Waals surface area contributed by atoms with Crippen LogP contribution in [0, 0.1) is 12.8 Å². The molecule has 0 atom stereocenters. The minimum atomic E-state index is 0.0162. The second kappa shape index (κ2) is 7.89. The molecule has 0 bridgehead atoms. The standard InChI is InChI=1S/C16H21N3O2S/c1-11(2)16(20)17-7-6-13-10-22-15(19-13)9-21-14-5-4-12(3)18-8-14/h4-5,8,10-11H,6-7,9H2,1-3H3,(H,17,20). The van der Waals surface area contributed by atoms with Gasteiger partial charge in [0.2, 0.25) is 5.91 Å². The Kier molecular flexibility index (Phi) is 5.89. The van der Waals surface area contributed by atoms with E-state index in [0.717, 1.165) is 28.6 Å². The number of carbonyl (C=O) groups is 1.